The number of carbonyl (C=O) groups is 2. The van der Waals surface area contributed by atoms with Gasteiger partial charge in [0.1, 0.15) is 5.54 Å². The molecular formula is C18H31N5O2. The number of nitriles is 1. The van der Waals surface area contributed by atoms with E-state index >= 15 is 0 Å². The van der Waals surface area contributed by atoms with Crippen LogP contribution < -0.4 is 5.32 Å². The van der Waals surface area contributed by atoms with Crippen molar-refractivity contribution < 1.29 is 9.59 Å². The van der Waals surface area contributed by atoms with E-state index in [-0.39, 0.29) is 17.7 Å². The number of nitrogens with one attached hydrogen (secondary N) is 1. The van der Waals surface area contributed by atoms with E-state index in [1.165, 1.54) is 0 Å². The lowest BCUT2D eigenvalue weighted by atomic mass is 9.90. The van der Waals surface area contributed by atoms with E-state index in [2.05, 4.69) is 21.2 Å². The summed E-state index contributed by atoms with van der Waals surface area (Å²) in [5, 5.41) is 12.2. The van der Waals surface area contributed by atoms with Crippen LogP contribution in [0.2, 0.25) is 0 Å². The third-order valence-corrected chi connectivity index (χ3v) is 5.44. The topological polar surface area (TPSA) is 79.7 Å². The third kappa shape index (κ3) is 5.41. The Morgan fingerprint density at radius 2 is 1.56 bits per heavy atom. The zero-order valence-electron chi connectivity index (χ0n) is 15.8. The van der Waals surface area contributed by atoms with Gasteiger partial charge < -0.3 is 10.2 Å². The molecule has 7 heteroatoms. The van der Waals surface area contributed by atoms with Gasteiger partial charge in [0, 0.05) is 39.3 Å². The summed E-state index contributed by atoms with van der Waals surface area (Å²) in [4.78, 5) is 30.7. The van der Waals surface area contributed by atoms with Crippen LogP contribution in [0, 0.1) is 17.2 Å². The summed E-state index contributed by atoms with van der Waals surface area (Å²) >= 11 is 0. The Labute approximate surface area is 150 Å². The van der Waals surface area contributed by atoms with Gasteiger partial charge in [-0.25, -0.2) is 0 Å². The second-order valence-corrected chi connectivity index (χ2v) is 7.66. The summed E-state index contributed by atoms with van der Waals surface area (Å²) in [6.45, 7) is 11.3. The quantitative estimate of drug-likeness (QED) is 0.745. The Bertz CT molecular complexity index is 516. The average molecular weight is 349 g/mol. The molecule has 2 heterocycles. The summed E-state index contributed by atoms with van der Waals surface area (Å²) in [5.74, 6) is 0.166. The molecule has 2 saturated heterocycles. The van der Waals surface area contributed by atoms with Gasteiger partial charge in [-0.2, -0.15) is 5.26 Å². The Kier molecular flexibility index (Phi) is 6.79. The normalized spacial score (nSPS) is 21.8. The van der Waals surface area contributed by atoms with Crippen molar-refractivity contribution >= 4 is 11.8 Å². The number of rotatable bonds is 6. The summed E-state index contributed by atoms with van der Waals surface area (Å²) in [6, 6.07) is 2.20. The molecule has 1 atom stereocenters. The standard InChI is InChI=1S/C18H31N5O2/c1-15(2)18(3,14-19)20-16(24)12-21-8-10-22(11-9-21)13-17(25)23-6-4-5-7-23/h15H,4-13H2,1-3H3,(H,20,24)/t18-/m0/s1. The van der Waals surface area contributed by atoms with Crippen LogP contribution in [-0.4, -0.2) is 84.4 Å². The van der Waals surface area contributed by atoms with Crippen LogP contribution in [-0.2, 0) is 9.59 Å². The Hall–Kier alpha value is -1.65. The van der Waals surface area contributed by atoms with Gasteiger partial charge >= 0.3 is 0 Å². The van der Waals surface area contributed by atoms with E-state index in [9.17, 15) is 14.9 Å². The number of likely N-dealkylation sites (tertiary alicyclic amines) is 1. The fraction of sp³-hybridized carbons (Fsp3) is 0.833. The first kappa shape index (κ1) is 19.7. The van der Waals surface area contributed by atoms with Crippen LogP contribution in [0.25, 0.3) is 0 Å². The number of carbonyl (C=O) groups excluding carboxylic acids is 2. The van der Waals surface area contributed by atoms with Crippen LogP contribution in [0.3, 0.4) is 0 Å². The lowest BCUT2D eigenvalue weighted by Crippen LogP contribution is -2.55. The molecule has 0 bridgehead atoms. The fourth-order valence-electron chi connectivity index (χ4n) is 3.20. The largest absolute Gasteiger partial charge is 0.342 e. The molecule has 2 amide bonds. The molecule has 2 rings (SSSR count). The SMILES string of the molecule is CC(C)[C@](C)(C#N)NC(=O)CN1CCN(CC(=O)N2CCCC2)CC1. The zero-order valence-corrected chi connectivity index (χ0v) is 15.8. The average Bonchev–Trinajstić information content (AvgIpc) is 3.11. The molecule has 25 heavy (non-hydrogen) atoms. The minimum Gasteiger partial charge on any atom is -0.342 e. The minimum absolute atomic E-state index is 0.0508. The lowest BCUT2D eigenvalue weighted by Gasteiger charge is -2.35. The molecule has 0 aromatic rings. The van der Waals surface area contributed by atoms with Gasteiger partial charge in [-0.15, -0.1) is 0 Å². The Morgan fingerprint density at radius 3 is 2.04 bits per heavy atom. The van der Waals surface area contributed by atoms with Gasteiger partial charge in [-0.1, -0.05) is 13.8 Å². The van der Waals surface area contributed by atoms with Crippen molar-refractivity contribution in [2.45, 2.75) is 39.2 Å². The van der Waals surface area contributed by atoms with Crippen LogP contribution in [0.4, 0.5) is 0 Å². The molecule has 140 valence electrons. The lowest BCUT2D eigenvalue weighted by molar-refractivity contribution is -0.132. The number of amides is 2. The van der Waals surface area contributed by atoms with Crippen molar-refractivity contribution in [3.63, 3.8) is 0 Å². The summed E-state index contributed by atoms with van der Waals surface area (Å²) in [5.41, 5.74) is -0.832. The molecule has 2 aliphatic rings. The predicted octanol–water partition coefficient (Wildman–Crippen LogP) is 0.281. The van der Waals surface area contributed by atoms with Gasteiger partial charge in [0.25, 0.3) is 0 Å². The van der Waals surface area contributed by atoms with Crippen molar-refractivity contribution in [3.05, 3.63) is 0 Å². The van der Waals surface area contributed by atoms with Crippen molar-refractivity contribution in [2.24, 2.45) is 5.92 Å². The highest BCUT2D eigenvalue weighted by Crippen LogP contribution is 2.15. The molecule has 0 aromatic carbocycles. The minimum atomic E-state index is -0.832. The van der Waals surface area contributed by atoms with Crippen molar-refractivity contribution in [3.8, 4) is 6.07 Å². The van der Waals surface area contributed by atoms with Gasteiger partial charge in [0.15, 0.2) is 0 Å². The predicted molar refractivity (Wildman–Crippen MR) is 95.7 cm³/mol. The molecule has 1 N–H and O–H groups in total. The van der Waals surface area contributed by atoms with Crippen LogP contribution in [0.5, 0.6) is 0 Å². The molecule has 2 fully saturated rings. The van der Waals surface area contributed by atoms with Gasteiger partial charge in [0.05, 0.1) is 19.2 Å². The van der Waals surface area contributed by atoms with Gasteiger partial charge in [-0.3, -0.25) is 19.4 Å². The highest BCUT2D eigenvalue weighted by atomic mass is 16.2. The molecule has 7 nitrogen and oxygen atoms in total. The summed E-state index contributed by atoms with van der Waals surface area (Å²) in [7, 11) is 0. The Balaban J connectivity index is 1.72. The van der Waals surface area contributed by atoms with E-state index in [1.54, 1.807) is 6.92 Å². The molecule has 0 unspecified atom stereocenters. The maximum Gasteiger partial charge on any atom is 0.236 e. The smallest absolute Gasteiger partial charge is 0.236 e. The number of piperazine rings is 1. The molecular weight excluding hydrogens is 318 g/mol. The first-order chi connectivity index (χ1) is 11.8. The molecule has 2 aliphatic heterocycles. The van der Waals surface area contributed by atoms with Gasteiger partial charge in [0.2, 0.25) is 11.8 Å². The van der Waals surface area contributed by atoms with Crippen molar-refractivity contribution in [2.75, 3.05) is 52.4 Å². The maximum absolute atomic E-state index is 12.2. The Morgan fingerprint density at radius 1 is 1.04 bits per heavy atom. The second kappa shape index (κ2) is 8.63. The first-order valence-corrected chi connectivity index (χ1v) is 9.29. The number of nitrogens with zero attached hydrogens (tertiary/aromatic N) is 4. The fourth-order valence-corrected chi connectivity index (χ4v) is 3.20. The molecule has 0 spiro atoms. The highest BCUT2D eigenvalue weighted by Gasteiger charge is 2.31. The molecule has 0 aromatic heterocycles. The monoisotopic (exact) mass is 349 g/mol. The number of hydrogen-bond donors (Lipinski definition) is 1. The van der Waals surface area contributed by atoms with E-state index in [1.807, 2.05) is 18.7 Å². The second-order valence-electron chi connectivity index (χ2n) is 7.66. The van der Waals surface area contributed by atoms with E-state index < -0.39 is 5.54 Å². The van der Waals surface area contributed by atoms with E-state index in [4.69, 9.17) is 0 Å². The number of hydrogen-bond acceptors (Lipinski definition) is 5. The molecule has 0 aliphatic carbocycles. The maximum atomic E-state index is 12.2. The zero-order chi connectivity index (χ0) is 18.4. The van der Waals surface area contributed by atoms with E-state index in [0.717, 1.165) is 52.1 Å². The van der Waals surface area contributed by atoms with Gasteiger partial charge in [-0.05, 0) is 25.7 Å². The molecule has 0 saturated carbocycles. The first-order valence-electron chi connectivity index (χ1n) is 9.29. The third-order valence-electron chi connectivity index (χ3n) is 5.44. The van der Waals surface area contributed by atoms with Crippen LogP contribution in [0.1, 0.15) is 33.6 Å². The van der Waals surface area contributed by atoms with Crippen molar-refractivity contribution in [1.82, 2.24) is 20.0 Å². The van der Waals surface area contributed by atoms with E-state index in [0.29, 0.717) is 13.1 Å². The molecule has 0 radical (unpaired) electrons. The highest BCUT2D eigenvalue weighted by molar-refractivity contribution is 5.79. The van der Waals surface area contributed by atoms with Crippen LogP contribution >= 0.6 is 0 Å². The summed E-state index contributed by atoms with van der Waals surface area (Å²) < 4.78 is 0. The van der Waals surface area contributed by atoms with Crippen molar-refractivity contribution in [1.29, 1.82) is 5.26 Å². The summed E-state index contributed by atoms with van der Waals surface area (Å²) in [6.07, 6.45) is 2.24. The van der Waals surface area contributed by atoms with Crippen LogP contribution in [0.15, 0.2) is 0 Å².